The molecule has 0 saturated carbocycles. The molecular weight excluding hydrogens is 437 g/mol. The monoisotopic (exact) mass is 465 g/mol. The second kappa shape index (κ2) is 9.62. The van der Waals surface area contributed by atoms with Crippen molar-refractivity contribution in [3.63, 3.8) is 0 Å². The Hall–Kier alpha value is -3.75. The Labute approximate surface area is 198 Å². The second-order valence-electron chi connectivity index (χ2n) is 9.27. The van der Waals surface area contributed by atoms with Crippen LogP contribution in [-0.2, 0) is 4.74 Å². The van der Waals surface area contributed by atoms with Gasteiger partial charge in [0.2, 0.25) is 5.88 Å². The molecule has 178 valence electrons. The molecule has 1 unspecified atom stereocenters. The van der Waals surface area contributed by atoms with Gasteiger partial charge in [-0.1, -0.05) is 6.07 Å². The lowest BCUT2D eigenvalue weighted by Gasteiger charge is -2.24. The molecule has 3 aromatic rings. The van der Waals surface area contributed by atoms with Crippen molar-refractivity contribution >= 4 is 11.9 Å². The highest BCUT2D eigenvalue weighted by Gasteiger charge is 2.30. The average molecular weight is 466 g/mol. The zero-order chi connectivity index (χ0) is 24.3. The number of pyridine rings is 1. The van der Waals surface area contributed by atoms with Gasteiger partial charge < -0.3 is 20.1 Å². The first-order chi connectivity index (χ1) is 16.2. The number of nitrogens with zero attached hydrogens (tertiary/aromatic N) is 4. The summed E-state index contributed by atoms with van der Waals surface area (Å²) in [6.45, 7) is 7.13. The Morgan fingerprint density at radius 1 is 1.18 bits per heavy atom. The van der Waals surface area contributed by atoms with E-state index in [9.17, 15) is 9.18 Å². The molecule has 0 bridgehead atoms. The number of carbonyl (C=O) groups is 1. The molecule has 8 nitrogen and oxygen atoms in total. The number of nitrogens with two attached hydrogens (primary N) is 1. The smallest absolute Gasteiger partial charge is 0.410 e. The number of amides is 1. The quantitative estimate of drug-likeness (QED) is 0.589. The van der Waals surface area contributed by atoms with Gasteiger partial charge >= 0.3 is 6.09 Å². The van der Waals surface area contributed by atoms with E-state index in [1.54, 1.807) is 29.3 Å². The lowest BCUT2D eigenvalue weighted by atomic mass is 10.0. The van der Waals surface area contributed by atoms with Crippen molar-refractivity contribution in [2.75, 3.05) is 25.4 Å². The maximum Gasteiger partial charge on any atom is 0.410 e. The van der Waals surface area contributed by atoms with Crippen LogP contribution in [0.1, 0.15) is 27.2 Å². The Bertz CT molecular complexity index is 1160. The summed E-state index contributed by atoms with van der Waals surface area (Å²) >= 11 is 0. The average Bonchev–Trinajstić information content (AvgIpc) is 3.27. The third-order valence-corrected chi connectivity index (χ3v) is 5.39. The summed E-state index contributed by atoms with van der Waals surface area (Å²) in [5.41, 5.74) is 7.08. The van der Waals surface area contributed by atoms with Gasteiger partial charge in [0.25, 0.3) is 0 Å². The molecule has 34 heavy (non-hydrogen) atoms. The first kappa shape index (κ1) is 23.4. The summed E-state index contributed by atoms with van der Waals surface area (Å²) in [4.78, 5) is 26.5. The molecule has 1 aromatic carbocycles. The first-order valence-electron chi connectivity index (χ1n) is 11.1. The van der Waals surface area contributed by atoms with Crippen LogP contribution in [0.15, 0.2) is 48.9 Å². The molecule has 3 heterocycles. The van der Waals surface area contributed by atoms with Crippen LogP contribution < -0.4 is 10.5 Å². The van der Waals surface area contributed by atoms with Crippen molar-refractivity contribution in [2.45, 2.75) is 32.8 Å². The number of hydrogen-bond donors (Lipinski definition) is 1. The number of rotatable bonds is 5. The number of nitrogen functional groups attached to an aromatic ring is 1. The zero-order valence-corrected chi connectivity index (χ0v) is 19.5. The minimum absolute atomic E-state index is 0.158. The Morgan fingerprint density at radius 2 is 2.00 bits per heavy atom. The molecule has 1 aliphatic heterocycles. The number of benzene rings is 1. The molecule has 1 amide bonds. The number of hydrogen-bond acceptors (Lipinski definition) is 7. The van der Waals surface area contributed by atoms with Crippen molar-refractivity contribution in [3.05, 3.63) is 54.7 Å². The molecule has 0 aliphatic carbocycles. The van der Waals surface area contributed by atoms with Gasteiger partial charge in [0, 0.05) is 36.3 Å². The van der Waals surface area contributed by atoms with E-state index in [1.807, 2.05) is 26.8 Å². The highest BCUT2D eigenvalue weighted by molar-refractivity contribution is 5.72. The van der Waals surface area contributed by atoms with Gasteiger partial charge in [-0.3, -0.25) is 4.98 Å². The maximum atomic E-state index is 14.9. The van der Waals surface area contributed by atoms with E-state index in [4.69, 9.17) is 15.2 Å². The molecule has 4 rings (SSSR count). The van der Waals surface area contributed by atoms with Crippen molar-refractivity contribution < 1.29 is 18.7 Å². The van der Waals surface area contributed by atoms with Crippen LogP contribution in [0.2, 0.25) is 0 Å². The highest BCUT2D eigenvalue weighted by atomic mass is 19.1. The van der Waals surface area contributed by atoms with E-state index in [-0.39, 0.29) is 17.8 Å². The molecule has 2 aromatic heterocycles. The molecular formula is C25H28FN5O3. The minimum atomic E-state index is -0.528. The van der Waals surface area contributed by atoms with Gasteiger partial charge in [-0.05, 0) is 57.0 Å². The predicted octanol–water partition coefficient (Wildman–Crippen LogP) is 4.56. The Kier molecular flexibility index (Phi) is 6.63. The van der Waals surface area contributed by atoms with Gasteiger partial charge in [-0.25, -0.2) is 19.2 Å². The highest BCUT2D eigenvalue weighted by Crippen LogP contribution is 2.32. The number of halogens is 1. The summed E-state index contributed by atoms with van der Waals surface area (Å²) in [5.74, 6) is 0.410. The molecule has 0 spiro atoms. The van der Waals surface area contributed by atoms with Crippen molar-refractivity contribution in [3.8, 4) is 28.3 Å². The predicted molar refractivity (Wildman–Crippen MR) is 126 cm³/mol. The topological polar surface area (TPSA) is 103 Å². The first-order valence-corrected chi connectivity index (χ1v) is 11.1. The standard InChI is InChI=1S/C25H28FN5O3/c1-25(2,3)34-24(32)31-10-8-16(14-31)15-33-23-18(5-4-9-28-23)17-6-7-19(20(26)11-17)21-12-30-22(27)13-29-21/h4-7,9,11-13,16H,8,10,14-15H2,1-3H3,(H2,27,30). The number of likely N-dealkylation sites (tertiary alicyclic amines) is 1. The van der Waals surface area contributed by atoms with Crippen LogP contribution in [0.4, 0.5) is 15.0 Å². The minimum Gasteiger partial charge on any atom is -0.477 e. The number of aromatic nitrogens is 3. The lowest BCUT2D eigenvalue weighted by Crippen LogP contribution is -2.35. The zero-order valence-electron chi connectivity index (χ0n) is 19.5. The fourth-order valence-electron chi connectivity index (χ4n) is 3.75. The van der Waals surface area contributed by atoms with Gasteiger partial charge in [0.1, 0.15) is 17.2 Å². The molecule has 9 heteroatoms. The van der Waals surface area contributed by atoms with Gasteiger partial charge in [0.05, 0.1) is 24.7 Å². The fourth-order valence-corrected chi connectivity index (χ4v) is 3.75. The molecule has 0 radical (unpaired) electrons. The van der Waals surface area contributed by atoms with Crippen molar-refractivity contribution in [1.29, 1.82) is 0 Å². The molecule has 1 fully saturated rings. The van der Waals surface area contributed by atoms with Gasteiger partial charge in [-0.15, -0.1) is 0 Å². The van der Waals surface area contributed by atoms with Crippen molar-refractivity contribution in [1.82, 2.24) is 19.9 Å². The van der Waals surface area contributed by atoms with Gasteiger partial charge in [-0.2, -0.15) is 0 Å². The van der Waals surface area contributed by atoms with E-state index in [1.165, 1.54) is 18.5 Å². The molecule has 1 atom stereocenters. The normalized spacial score (nSPS) is 15.9. The summed E-state index contributed by atoms with van der Waals surface area (Å²) in [5, 5.41) is 0. The fraction of sp³-hybridized carbons (Fsp3) is 0.360. The summed E-state index contributed by atoms with van der Waals surface area (Å²) in [7, 11) is 0. The van der Waals surface area contributed by atoms with E-state index < -0.39 is 11.4 Å². The number of ether oxygens (including phenoxy) is 2. The van der Waals surface area contributed by atoms with Crippen LogP contribution in [0.3, 0.4) is 0 Å². The van der Waals surface area contributed by atoms with Crippen LogP contribution >= 0.6 is 0 Å². The van der Waals surface area contributed by atoms with Crippen LogP contribution in [0.25, 0.3) is 22.4 Å². The third kappa shape index (κ3) is 5.59. The maximum absolute atomic E-state index is 14.9. The third-order valence-electron chi connectivity index (χ3n) is 5.39. The van der Waals surface area contributed by atoms with Crippen LogP contribution in [0.5, 0.6) is 5.88 Å². The van der Waals surface area contributed by atoms with E-state index in [0.717, 1.165) is 6.42 Å². The van der Waals surface area contributed by atoms with Crippen molar-refractivity contribution in [2.24, 2.45) is 5.92 Å². The van der Waals surface area contributed by atoms with Gasteiger partial charge in [0.15, 0.2) is 0 Å². The summed E-state index contributed by atoms with van der Waals surface area (Å²) in [6, 6.07) is 8.48. The Morgan fingerprint density at radius 3 is 2.71 bits per heavy atom. The number of carbonyl (C=O) groups excluding carboxylic acids is 1. The summed E-state index contributed by atoms with van der Waals surface area (Å²) < 4.78 is 26.4. The molecule has 2 N–H and O–H groups in total. The van der Waals surface area contributed by atoms with Crippen LogP contribution in [0, 0.1) is 11.7 Å². The SMILES string of the molecule is CC(C)(C)OC(=O)N1CCC(COc2ncccc2-c2ccc(-c3cnc(N)cn3)c(F)c2)C1. The van der Waals surface area contributed by atoms with E-state index in [0.29, 0.717) is 48.0 Å². The van der Waals surface area contributed by atoms with Crippen LogP contribution in [-0.4, -0.2) is 51.2 Å². The second-order valence-corrected chi connectivity index (χ2v) is 9.27. The number of anilines is 1. The van der Waals surface area contributed by atoms with E-state index in [2.05, 4.69) is 15.0 Å². The molecule has 1 saturated heterocycles. The summed E-state index contributed by atoms with van der Waals surface area (Å²) in [6.07, 6.45) is 4.97. The molecule has 1 aliphatic rings. The largest absolute Gasteiger partial charge is 0.477 e. The Balaban J connectivity index is 1.44. The lowest BCUT2D eigenvalue weighted by molar-refractivity contribution is 0.0284. The van der Waals surface area contributed by atoms with E-state index >= 15 is 0 Å².